The molecule has 0 aromatic carbocycles. The van der Waals surface area contributed by atoms with Gasteiger partial charge in [-0.15, -0.1) is 0 Å². The zero-order valence-electron chi connectivity index (χ0n) is 8.17. The van der Waals surface area contributed by atoms with Crippen LogP contribution in [0.15, 0.2) is 12.2 Å². The summed E-state index contributed by atoms with van der Waals surface area (Å²) in [5.41, 5.74) is 0. The Morgan fingerprint density at radius 2 is 2.17 bits per heavy atom. The molecule has 70 valence electrons. The number of esters is 1. The maximum atomic E-state index is 10.9. The van der Waals surface area contributed by atoms with Gasteiger partial charge in [-0.3, -0.25) is 0 Å². The van der Waals surface area contributed by atoms with E-state index in [2.05, 4.69) is 13.8 Å². The highest BCUT2D eigenvalue weighted by molar-refractivity contribution is 5.81. The highest BCUT2D eigenvalue weighted by Gasteiger charge is 2.01. The van der Waals surface area contributed by atoms with E-state index in [0.29, 0.717) is 12.5 Å². The summed E-state index contributed by atoms with van der Waals surface area (Å²) in [6.45, 7) is 6.67. The molecule has 0 aliphatic rings. The standard InChI is InChI=1S/C10H18O2/c1-4-6-7-10(11)12-8-9(3)5-2/h6-7,9H,4-5,8H2,1-3H3/b7-6+. The Labute approximate surface area is 74.6 Å². The van der Waals surface area contributed by atoms with Gasteiger partial charge in [0.05, 0.1) is 6.61 Å². The molecule has 0 bridgehead atoms. The molecular weight excluding hydrogens is 152 g/mol. The summed E-state index contributed by atoms with van der Waals surface area (Å²) < 4.78 is 4.97. The summed E-state index contributed by atoms with van der Waals surface area (Å²) in [5.74, 6) is 0.237. The molecule has 0 saturated carbocycles. The highest BCUT2D eigenvalue weighted by atomic mass is 16.5. The van der Waals surface area contributed by atoms with Crippen molar-refractivity contribution in [3.05, 3.63) is 12.2 Å². The predicted molar refractivity (Wildman–Crippen MR) is 49.8 cm³/mol. The van der Waals surface area contributed by atoms with Crippen LogP contribution in [-0.2, 0) is 9.53 Å². The molecule has 0 heterocycles. The van der Waals surface area contributed by atoms with Crippen molar-refractivity contribution in [2.45, 2.75) is 33.6 Å². The quantitative estimate of drug-likeness (QED) is 0.468. The Hall–Kier alpha value is -0.790. The molecule has 0 spiro atoms. The van der Waals surface area contributed by atoms with Crippen LogP contribution in [0.5, 0.6) is 0 Å². The average Bonchev–Trinajstić information content (AvgIpc) is 2.10. The number of carbonyl (C=O) groups is 1. The molecule has 0 amide bonds. The lowest BCUT2D eigenvalue weighted by Crippen LogP contribution is -2.08. The summed E-state index contributed by atoms with van der Waals surface area (Å²) in [7, 11) is 0. The maximum absolute atomic E-state index is 10.9. The van der Waals surface area contributed by atoms with Crippen LogP contribution in [0.25, 0.3) is 0 Å². The number of ether oxygens (including phenoxy) is 1. The van der Waals surface area contributed by atoms with Gasteiger partial charge in [0.2, 0.25) is 0 Å². The molecule has 0 aliphatic heterocycles. The first-order valence-corrected chi connectivity index (χ1v) is 4.54. The molecule has 12 heavy (non-hydrogen) atoms. The Bertz CT molecular complexity index is 150. The normalized spacial score (nSPS) is 13.2. The van der Waals surface area contributed by atoms with Crippen LogP contribution in [0.4, 0.5) is 0 Å². The average molecular weight is 170 g/mol. The summed E-state index contributed by atoms with van der Waals surface area (Å²) in [4.78, 5) is 10.9. The minimum Gasteiger partial charge on any atom is -0.462 e. The lowest BCUT2D eigenvalue weighted by Gasteiger charge is -2.07. The molecule has 0 N–H and O–H groups in total. The fourth-order valence-electron chi connectivity index (χ4n) is 0.604. The van der Waals surface area contributed by atoms with Crippen molar-refractivity contribution in [1.29, 1.82) is 0 Å². The van der Waals surface area contributed by atoms with Gasteiger partial charge in [-0.1, -0.05) is 33.3 Å². The van der Waals surface area contributed by atoms with Gasteiger partial charge in [-0.2, -0.15) is 0 Å². The molecule has 2 nitrogen and oxygen atoms in total. The molecular formula is C10H18O2. The molecule has 0 aromatic heterocycles. The van der Waals surface area contributed by atoms with Gasteiger partial charge >= 0.3 is 5.97 Å². The van der Waals surface area contributed by atoms with Crippen molar-refractivity contribution in [2.75, 3.05) is 6.61 Å². The van der Waals surface area contributed by atoms with Gasteiger partial charge in [0, 0.05) is 6.08 Å². The molecule has 0 saturated heterocycles. The topological polar surface area (TPSA) is 26.3 Å². The van der Waals surface area contributed by atoms with Crippen molar-refractivity contribution in [2.24, 2.45) is 5.92 Å². The van der Waals surface area contributed by atoms with Crippen LogP contribution in [0, 0.1) is 5.92 Å². The molecule has 1 unspecified atom stereocenters. The first-order chi connectivity index (χ1) is 5.70. The fraction of sp³-hybridized carbons (Fsp3) is 0.700. The SMILES string of the molecule is CC/C=C/C(=O)OCC(C)CC. The van der Waals surface area contributed by atoms with Crippen LogP contribution in [0.2, 0.25) is 0 Å². The Kier molecular flexibility index (Phi) is 6.44. The lowest BCUT2D eigenvalue weighted by atomic mass is 10.1. The number of hydrogen-bond acceptors (Lipinski definition) is 2. The molecule has 1 atom stereocenters. The fourth-order valence-corrected chi connectivity index (χ4v) is 0.604. The number of hydrogen-bond donors (Lipinski definition) is 0. The first-order valence-electron chi connectivity index (χ1n) is 4.54. The van der Waals surface area contributed by atoms with Crippen LogP contribution in [-0.4, -0.2) is 12.6 Å². The second-order valence-corrected chi connectivity index (χ2v) is 2.95. The zero-order chi connectivity index (χ0) is 9.40. The Balaban J connectivity index is 3.50. The monoisotopic (exact) mass is 170 g/mol. The van der Waals surface area contributed by atoms with Crippen molar-refractivity contribution < 1.29 is 9.53 Å². The molecule has 0 rings (SSSR count). The van der Waals surface area contributed by atoms with E-state index in [1.54, 1.807) is 6.08 Å². The van der Waals surface area contributed by atoms with E-state index in [9.17, 15) is 4.79 Å². The largest absolute Gasteiger partial charge is 0.462 e. The predicted octanol–water partition coefficient (Wildman–Crippen LogP) is 2.54. The Morgan fingerprint density at radius 3 is 2.67 bits per heavy atom. The minimum absolute atomic E-state index is 0.225. The van der Waals surface area contributed by atoms with Crippen LogP contribution in [0.1, 0.15) is 33.6 Å². The minimum atomic E-state index is -0.225. The second kappa shape index (κ2) is 6.89. The summed E-state index contributed by atoms with van der Waals surface area (Å²) in [6.07, 6.45) is 5.21. The number of rotatable bonds is 5. The van der Waals surface area contributed by atoms with Gasteiger partial charge < -0.3 is 4.74 Å². The van der Waals surface area contributed by atoms with E-state index in [1.807, 2.05) is 6.92 Å². The molecule has 0 radical (unpaired) electrons. The van der Waals surface area contributed by atoms with Crippen molar-refractivity contribution in [3.63, 3.8) is 0 Å². The molecule has 0 aromatic rings. The summed E-state index contributed by atoms with van der Waals surface area (Å²) in [5, 5.41) is 0. The van der Waals surface area contributed by atoms with E-state index < -0.39 is 0 Å². The molecule has 0 aliphatic carbocycles. The lowest BCUT2D eigenvalue weighted by molar-refractivity contribution is -0.138. The summed E-state index contributed by atoms with van der Waals surface area (Å²) in [6, 6.07) is 0. The molecule has 2 heteroatoms. The maximum Gasteiger partial charge on any atom is 0.330 e. The van der Waals surface area contributed by atoms with Crippen LogP contribution < -0.4 is 0 Å². The third kappa shape index (κ3) is 5.96. The van der Waals surface area contributed by atoms with Gasteiger partial charge in [0.1, 0.15) is 0 Å². The second-order valence-electron chi connectivity index (χ2n) is 2.95. The van der Waals surface area contributed by atoms with Crippen molar-refractivity contribution in [3.8, 4) is 0 Å². The smallest absolute Gasteiger partial charge is 0.330 e. The third-order valence-electron chi connectivity index (χ3n) is 1.70. The summed E-state index contributed by atoms with van der Waals surface area (Å²) >= 11 is 0. The first kappa shape index (κ1) is 11.2. The van der Waals surface area contributed by atoms with E-state index >= 15 is 0 Å². The van der Waals surface area contributed by atoms with Crippen molar-refractivity contribution in [1.82, 2.24) is 0 Å². The third-order valence-corrected chi connectivity index (χ3v) is 1.70. The van der Waals surface area contributed by atoms with E-state index in [-0.39, 0.29) is 5.97 Å². The van der Waals surface area contributed by atoms with Crippen LogP contribution >= 0.6 is 0 Å². The number of allylic oxidation sites excluding steroid dienone is 1. The Morgan fingerprint density at radius 1 is 1.50 bits per heavy atom. The van der Waals surface area contributed by atoms with Crippen molar-refractivity contribution >= 4 is 5.97 Å². The van der Waals surface area contributed by atoms with Gasteiger partial charge in [0.15, 0.2) is 0 Å². The molecule has 0 fully saturated rings. The van der Waals surface area contributed by atoms with Gasteiger partial charge in [0.25, 0.3) is 0 Å². The zero-order valence-corrected chi connectivity index (χ0v) is 8.17. The van der Waals surface area contributed by atoms with Gasteiger partial charge in [-0.05, 0) is 12.3 Å². The van der Waals surface area contributed by atoms with E-state index in [1.165, 1.54) is 6.08 Å². The van der Waals surface area contributed by atoms with Gasteiger partial charge in [-0.25, -0.2) is 4.79 Å². The van der Waals surface area contributed by atoms with E-state index in [0.717, 1.165) is 12.8 Å². The number of carbonyl (C=O) groups excluding carboxylic acids is 1. The highest BCUT2D eigenvalue weighted by Crippen LogP contribution is 2.00. The van der Waals surface area contributed by atoms with Crippen LogP contribution in [0.3, 0.4) is 0 Å². The van der Waals surface area contributed by atoms with E-state index in [4.69, 9.17) is 4.74 Å².